The van der Waals surface area contributed by atoms with Crippen LogP contribution in [0.4, 0.5) is 0 Å². The standard InChI is InChI=1S/2C17H14Cl.C2H7Si.2ClH.Zr/c2*1-2-12-10-14-4-3-5-16(17(14)11-12)13-6-8-15(18)9-7-13;1-3-2;;;/h2*3-11H,2H2,1H3;3H,1-2H3;2*1H;/q;;;;;+2/p-2. The molecular formula is C36H35Cl4SiZr. The van der Waals surface area contributed by atoms with Crippen LogP contribution in [0, 0.1) is 0 Å². The van der Waals surface area contributed by atoms with Crippen LogP contribution in [0.15, 0.2) is 96.1 Å². The first kappa shape index (κ1) is 30.6. The Bertz CT molecular complexity index is 1610. The molecule has 42 heavy (non-hydrogen) atoms. The third kappa shape index (κ3) is 4.81. The topological polar surface area (TPSA) is 0 Å². The van der Waals surface area contributed by atoms with Gasteiger partial charge >= 0.3 is 272 Å². The third-order valence-corrected chi connectivity index (χ3v) is 62.0. The molecule has 6 heteroatoms. The molecule has 0 amide bonds. The van der Waals surface area contributed by atoms with Crippen molar-refractivity contribution in [3.05, 3.63) is 128 Å². The first-order valence-electron chi connectivity index (χ1n) is 14.8. The molecule has 0 fully saturated rings. The van der Waals surface area contributed by atoms with E-state index in [0.29, 0.717) is 0 Å². The number of fused-ring (bicyclic) bond motifs is 2. The van der Waals surface area contributed by atoms with E-state index in [9.17, 15) is 0 Å². The molecule has 0 aliphatic heterocycles. The number of hydrogen-bond acceptors (Lipinski definition) is 0. The van der Waals surface area contributed by atoms with E-state index in [4.69, 9.17) is 40.2 Å². The normalized spacial score (nSPS) is 18.7. The fourth-order valence-electron chi connectivity index (χ4n) is 7.44. The van der Waals surface area contributed by atoms with Crippen LogP contribution in [0.2, 0.25) is 23.1 Å². The zero-order valence-electron chi connectivity index (χ0n) is 24.4. The van der Waals surface area contributed by atoms with Crippen molar-refractivity contribution in [3.63, 3.8) is 0 Å². The average molecular weight is 729 g/mol. The van der Waals surface area contributed by atoms with Crippen molar-refractivity contribution < 1.29 is 15.6 Å². The minimum atomic E-state index is -4.77. The van der Waals surface area contributed by atoms with E-state index < -0.39 is 21.5 Å². The van der Waals surface area contributed by atoms with Crippen molar-refractivity contribution >= 4 is 58.3 Å². The van der Waals surface area contributed by atoms with Gasteiger partial charge in [-0.3, -0.25) is 0 Å². The molecule has 2 unspecified atom stereocenters. The molecule has 2 aliphatic rings. The van der Waals surface area contributed by atoms with E-state index in [1.165, 1.54) is 44.5 Å². The Morgan fingerprint density at radius 1 is 0.595 bits per heavy atom. The molecule has 2 atom stereocenters. The van der Waals surface area contributed by atoms with Gasteiger partial charge in [-0.15, -0.1) is 0 Å². The van der Waals surface area contributed by atoms with Gasteiger partial charge in [0.05, 0.1) is 0 Å². The van der Waals surface area contributed by atoms with E-state index in [2.05, 4.69) is 99.8 Å². The van der Waals surface area contributed by atoms with Crippen LogP contribution < -0.4 is 0 Å². The molecule has 215 valence electrons. The third-order valence-electron chi connectivity index (χ3n) is 9.64. The van der Waals surface area contributed by atoms with Gasteiger partial charge < -0.3 is 0 Å². The van der Waals surface area contributed by atoms with E-state index >= 15 is 0 Å². The summed E-state index contributed by atoms with van der Waals surface area (Å²) in [6.07, 6.45) is 6.68. The molecular weight excluding hydrogens is 694 g/mol. The Morgan fingerprint density at radius 3 is 1.31 bits per heavy atom. The van der Waals surface area contributed by atoms with Crippen molar-refractivity contribution in [1.29, 1.82) is 0 Å². The Labute approximate surface area is 269 Å². The second kappa shape index (κ2) is 11.5. The van der Waals surface area contributed by atoms with E-state index in [1.54, 1.807) is 0 Å². The van der Waals surface area contributed by atoms with Crippen molar-refractivity contribution in [1.82, 2.24) is 0 Å². The molecule has 0 N–H and O–H groups in total. The summed E-state index contributed by atoms with van der Waals surface area (Å²) in [6.45, 7) is 9.34. The summed E-state index contributed by atoms with van der Waals surface area (Å²) in [4.78, 5) is 0. The molecule has 0 saturated heterocycles. The maximum atomic E-state index is 8.50. The van der Waals surface area contributed by atoms with Crippen LogP contribution in [0.5, 0.6) is 0 Å². The quantitative estimate of drug-likeness (QED) is 0.166. The zero-order chi connectivity index (χ0) is 29.8. The van der Waals surface area contributed by atoms with Gasteiger partial charge in [-0.1, -0.05) is 0 Å². The van der Waals surface area contributed by atoms with E-state index in [1.807, 2.05) is 24.3 Å². The molecule has 4 aromatic carbocycles. The predicted octanol–water partition coefficient (Wildman–Crippen LogP) is 12.7. The molecule has 0 bridgehead atoms. The van der Waals surface area contributed by atoms with Crippen LogP contribution in [0.1, 0.15) is 56.2 Å². The SMILES string of the molecule is CCC1=Cc2c(-c3ccc(Cl)cc3)cccc2[CH]1[Zr]([Cl])([Cl])([CH]1C(CC)=Cc2c(-c3ccc(Cl)cc3)cccc21)[SiH](C)C. The molecule has 0 heterocycles. The minimum absolute atomic E-state index is 0.0822. The summed E-state index contributed by atoms with van der Waals surface area (Å²) >= 11 is 7.73. The number of benzene rings is 4. The van der Waals surface area contributed by atoms with Crippen molar-refractivity contribution in [2.45, 2.75) is 47.0 Å². The summed E-state index contributed by atoms with van der Waals surface area (Å²) < 4.78 is 0.164. The monoisotopic (exact) mass is 725 g/mol. The van der Waals surface area contributed by atoms with Gasteiger partial charge in [-0.2, -0.15) is 0 Å². The summed E-state index contributed by atoms with van der Waals surface area (Å²) in [5.41, 5.74) is 12.7. The van der Waals surface area contributed by atoms with E-state index in [-0.39, 0.29) is 7.25 Å². The van der Waals surface area contributed by atoms with Crippen LogP contribution in [-0.2, 0) is 15.6 Å². The van der Waals surface area contributed by atoms with Gasteiger partial charge in [0, 0.05) is 0 Å². The second-order valence-corrected chi connectivity index (χ2v) is 55.4. The summed E-state index contributed by atoms with van der Waals surface area (Å²) in [5.74, 6) is -1.61. The molecule has 0 radical (unpaired) electrons. The van der Waals surface area contributed by atoms with Crippen molar-refractivity contribution in [3.8, 4) is 22.3 Å². The van der Waals surface area contributed by atoms with E-state index in [0.717, 1.165) is 34.0 Å². The Morgan fingerprint density at radius 2 is 0.976 bits per heavy atom. The van der Waals surface area contributed by atoms with Crippen LogP contribution in [0.3, 0.4) is 0 Å². The molecule has 0 aromatic heterocycles. The van der Waals surface area contributed by atoms with Crippen molar-refractivity contribution in [2.75, 3.05) is 0 Å². The summed E-state index contributed by atoms with van der Waals surface area (Å²) in [6, 6.07) is 29.7. The molecule has 0 saturated carbocycles. The second-order valence-electron chi connectivity index (χ2n) is 12.0. The molecule has 4 aromatic rings. The fourth-order valence-corrected chi connectivity index (χ4v) is 39.5. The van der Waals surface area contributed by atoms with Crippen LogP contribution >= 0.6 is 40.2 Å². The number of rotatable bonds is 7. The summed E-state index contributed by atoms with van der Waals surface area (Å²) in [5, 5.41) is 1.49. The summed E-state index contributed by atoms with van der Waals surface area (Å²) in [7, 11) is 17.0. The van der Waals surface area contributed by atoms with Gasteiger partial charge in [-0.25, -0.2) is 0 Å². The molecule has 2 aliphatic carbocycles. The van der Waals surface area contributed by atoms with Gasteiger partial charge in [-0.05, 0) is 0 Å². The number of halogens is 4. The zero-order valence-corrected chi connectivity index (χ0v) is 31.0. The Balaban J connectivity index is 1.57. The Hall–Kier alpha value is -1.38. The number of hydrogen-bond donors (Lipinski definition) is 0. The maximum absolute atomic E-state index is 8.50. The Kier molecular flexibility index (Phi) is 8.40. The molecule has 6 rings (SSSR count). The van der Waals surface area contributed by atoms with Gasteiger partial charge in [0.1, 0.15) is 0 Å². The first-order chi connectivity index (χ1) is 20.1. The molecule has 0 nitrogen and oxygen atoms in total. The average Bonchev–Trinajstić information content (AvgIpc) is 3.58. The first-order valence-corrected chi connectivity index (χ1v) is 31.9. The predicted molar refractivity (Wildman–Crippen MR) is 186 cm³/mol. The fraction of sp³-hybridized carbons (Fsp3) is 0.222. The van der Waals surface area contributed by atoms with Crippen LogP contribution in [-0.4, -0.2) is 5.92 Å². The van der Waals surface area contributed by atoms with Gasteiger partial charge in [0.15, 0.2) is 0 Å². The van der Waals surface area contributed by atoms with Gasteiger partial charge in [0.25, 0.3) is 0 Å². The number of allylic oxidation sites excluding steroid dienone is 2. The molecule has 0 spiro atoms. The van der Waals surface area contributed by atoms with Gasteiger partial charge in [0.2, 0.25) is 0 Å². The van der Waals surface area contributed by atoms with Crippen molar-refractivity contribution in [2.24, 2.45) is 0 Å². The van der Waals surface area contributed by atoms with Crippen LogP contribution in [0.25, 0.3) is 34.4 Å².